The molecular formula is C19H13F2N3O4. The fraction of sp³-hybridized carbons (Fsp3) is 0.0526. The van der Waals surface area contributed by atoms with Gasteiger partial charge in [-0.25, -0.2) is 4.39 Å². The number of nitrogens with one attached hydrogen (secondary N) is 1. The SMILES string of the molecule is O=C(Nc1ccc(F)c([N+](=O)[O-])c1)c1ccc(=O)n(Cc2cccc(F)c2)c1. The molecule has 1 aromatic heterocycles. The number of aromatic nitrogens is 1. The number of nitro benzene ring substituents is 1. The Morgan fingerprint density at radius 3 is 2.61 bits per heavy atom. The fourth-order valence-electron chi connectivity index (χ4n) is 2.55. The molecule has 7 nitrogen and oxygen atoms in total. The van der Waals surface area contributed by atoms with E-state index in [1.54, 1.807) is 6.07 Å². The highest BCUT2D eigenvalue weighted by molar-refractivity contribution is 6.04. The van der Waals surface area contributed by atoms with E-state index >= 15 is 0 Å². The van der Waals surface area contributed by atoms with E-state index in [-0.39, 0.29) is 17.8 Å². The van der Waals surface area contributed by atoms with Gasteiger partial charge in [0.15, 0.2) is 0 Å². The first-order valence-electron chi connectivity index (χ1n) is 8.04. The summed E-state index contributed by atoms with van der Waals surface area (Å²) in [5.74, 6) is -2.11. The Kier molecular flexibility index (Phi) is 5.25. The van der Waals surface area contributed by atoms with Gasteiger partial charge < -0.3 is 9.88 Å². The number of amides is 1. The second-order valence-corrected chi connectivity index (χ2v) is 5.89. The van der Waals surface area contributed by atoms with E-state index in [1.807, 2.05) is 0 Å². The van der Waals surface area contributed by atoms with Crippen LogP contribution in [0.2, 0.25) is 0 Å². The van der Waals surface area contributed by atoms with Gasteiger partial charge in [0.2, 0.25) is 5.82 Å². The van der Waals surface area contributed by atoms with Crippen LogP contribution in [-0.4, -0.2) is 15.4 Å². The second kappa shape index (κ2) is 7.78. The predicted molar refractivity (Wildman–Crippen MR) is 97.2 cm³/mol. The summed E-state index contributed by atoms with van der Waals surface area (Å²) >= 11 is 0. The molecule has 0 saturated heterocycles. The molecule has 0 aliphatic heterocycles. The van der Waals surface area contributed by atoms with Gasteiger partial charge in [-0.3, -0.25) is 19.7 Å². The van der Waals surface area contributed by atoms with Crippen LogP contribution in [0.4, 0.5) is 20.2 Å². The molecule has 28 heavy (non-hydrogen) atoms. The second-order valence-electron chi connectivity index (χ2n) is 5.89. The number of benzene rings is 2. The molecule has 0 bridgehead atoms. The zero-order chi connectivity index (χ0) is 20.3. The minimum atomic E-state index is -1.02. The maximum Gasteiger partial charge on any atom is 0.306 e. The number of halogens is 2. The van der Waals surface area contributed by atoms with Crippen molar-refractivity contribution in [1.29, 1.82) is 0 Å². The van der Waals surface area contributed by atoms with Crippen LogP contribution in [0.1, 0.15) is 15.9 Å². The Morgan fingerprint density at radius 2 is 1.89 bits per heavy atom. The number of anilines is 1. The summed E-state index contributed by atoms with van der Waals surface area (Å²) in [6.45, 7) is 0.0553. The van der Waals surface area contributed by atoms with Gasteiger partial charge in [-0.2, -0.15) is 4.39 Å². The average Bonchev–Trinajstić information content (AvgIpc) is 2.65. The molecule has 142 valence electrons. The lowest BCUT2D eigenvalue weighted by Crippen LogP contribution is -2.22. The summed E-state index contributed by atoms with van der Waals surface area (Å²) in [6, 6.07) is 11.1. The lowest BCUT2D eigenvalue weighted by molar-refractivity contribution is -0.387. The van der Waals surface area contributed by atoms with E-state index in [1.165, 1.54) is 47.2 Å². The first kappa shape index (κ1) is 18.9. The number of carbonyl (C=O) groups is 1. The van der Waals surface area contributed by atoms with E-state index in [4.69, 9.17) is 0 Å². The molecule has 3 rings (SSSR count). The van der Waals surface area contributed by atoms with Crippen LogP contribution in [0, 0.1) is 21.7 Å². The average molecular weight is 385 g/mol. The molecule has 3 aromatic rings. The van der Waals surface area contributed by atoms with E-state index in [9.17, 15) is 28.5 Å². The number of nitrogens with zero attached hydrogens (tertiary/aromatic N) is 2. The van der Waals surface area contributed by atoms with E-state index < -0.39 is 33.7 Å². The molecule has 0 fully saturated rings. The molecule has 1 heterocycles. The van der Waals surface area contributed by atoms with Gasteiger partial charge in [0.25, 0.3) is 11.5 Å². The number of rotatable bonds is 5. The molecule has 1 amide bonds. The standard InChI is InChI=1S/C19H13F2N3O4/c20-14-3-1-2-12(8-14)10-23-11-13(4-7-18(23)25)19(26)22-15-5-6-16(21)17(9-15)24(27)28/h1-9,11H,10H2,(H,22,26). The summed E-state index contributed by atoms with van der Waals surface area (Å²) in [6.07, 6.45) is 1.29. The van der Waals surface area contributed by atoms with E-state index in [0.717, 1.165) is 12.1 Å². The first-order chi connectivity index (χ1) is 13.3. The summed E-state index contributed by atoms with van der Waals surface area (Å²) in [5.41, 5.74) is -0.495. The normalized spacial score (nSPS) is 10.5. The molecule has 0 aliphatic rings. The Balaban J connectivity index is 1.84. The number of pyridine rings is 1. The van der Waals surface area contributed by atoms with Gasteiger partial charge in [0.05, 0.1) is 17.0 Å². The van der Waals surface area contributed by atoms with Crippen molar-refractivity contribution in [3.8, 4) is 0 Å². The van der Waals surface area contributed by atoms with Gasteiger partial charge in [-0.05, 0) is 35.9 Å². The lowest BCUT2D eigenvalue weighted by atomic mass is 10.2. The molecule has 0 saturated carbocycles. The monoisotopic (exact) mass is 385 g/mol. The molecule has 9 heteroatoms. The molecule has 0 unspecified atom stereocenters. The highest BCUT2D eigenvalue weighted by Gasteiger charge is 2.16. The first-order valence-corrected chi connectivity index (χ1v) is 8.04. The Bertz CT molecular complexity index is 1130. The maximum atomic E-state index is 13.4. The third kappa shape index (κ3) is 4.26. The molecule has 0 radical (unpaired) electrons. The number of nitro groups is 1. The minimum absolute atomic E-state index is 0.0287. The highest BCUT2D eigenvalue weighted by atomic mass is 19.1. The smallest absolute Gasteiger partial charge is 0.306 e. The van der Waals surface area contributed by atoms with Crippen LogP contribution in [0.3, 0.4) is 0 Å². The van der Waals surface area contributed by atoms with Gasteiger partial charge in [0.1, 0.15) is 5.82 Å². The third-order valence-corrected chi connectivity index (χ3v) is 3.89. The van der Waals surface area contributed by atoms with Crippen molar-refractivity contribution >= 4 is 17.3 Å². The quantitative estimate of drug-likeness (QED) is 0.538. The maximum absolute atomic E-state index is 13.4. The van der Waals surface area contributed by atoms with Gasteiger partial charge in [0, 0.05) is 24.0 Å². The molecule has 1 N–H and O–H groups in total. The zero-order valence-corrected chi connectivity index (χ0v) is 14.3. The Morgan fingerprint density at radius 1 is 1.11 bits per heavy atom. The Hall–Kier alpha value is -3.88. The topological polar surface area (TPSA) is 94.2 Å². The lowest BCUT2D eigenvalue weighted by Gasteiger charge is -2.09. The Labute approximate surface area is 157 Å². The summed E-state index contributed by atoms with van der Waals surface area (Å²) < 4.78 is 27.9. The van der Waals surface area contributed by atoms with Gasteiger partial charge in [-0.15, -0.1) is 0 Å². The summed E-state index contributed by atoms with van der Waals surface area (Å²) in [5, 5.41) is 13.2. The zero-order valence-electron chi connectivity index (χ0n) is 14.3. The van der Waals surface area contributed by atoms with Crippen LogP contribution < -0.4 is 10.9 Å². The van der Waals surface area contributed by atoms with Crippen LogP contribution in [-0.2, 0) is 6.54 Å². The van der Waals surface area contributed by atoms with E-state index in [2.05, 4.69) is 5.32 Å². The largest absolute Gasteiger partial charge is 0.322 e. The van der Waals surface area contributed by atoms with Crippen LogP contribution in [0.25, 0.3) is 0 Å². The third-order valence-electron chi connectivity index (χ3n) is 3.89. The summed E-state index contributed by atoms with van der Waals surface area (Å²) in [7, 11) is 0. The minimum Gasteiger partial charge on any atom is -0.322 e. The van der Waals surface area contributed by atoms with Gasteiger partial charge in [-0.1, -0.05) is 12.1 Å². The summed E-state index contributed by atoms with van der Waals surface area (Å²) in [4.78, 5) is 34.3. The number of hydrogen-bond donors (Lipinski definition) is 1. The van der Waals surface area contributed by atoms with Crippen LogP contribution in [0.5, 0.6) is 0 Å². The van der Waals surface area contributed by atoms with Crippen molar-refractivity contribution in [2.75, 3.05) is 5.32 Å². The fourth-order valence-corrected chi connectivity index (χ4v) is 2.55. The van der Waals surface area contributed by atoms with Crippen LogP contribution in [0.15, 0.2) is 65.6 Å². The number of carbonyl (C=O) groups excluding carboxylic acids is 1. The molecule has 0 spiro atoms. The number of hydrogen-bond acceptors (Lipinski definition) is 4. The van der Waals surface area contributed by atoms with Crippen molar-refractivity contribution in [3.63, 3.8) is 0 Å². The van der Waals surface area contributed by atoms with Crippen molar-refractivity contribution < 1.29 is 18.5 Å². The predicted octanol–water partition coefficient (Wildman–Crippen LogP) is 3.34. The van der Waals surface area contributed by atoms with Crippen molar-refractivity contribution in [1.82, 2.24) is 4.57 Å². The van der Waals surface area contributed by atoms with Gasteiger partial charge >= 0.3 is 5.69 Å². The molecular weight excluding hydrogens is 372 g/mol. The molecule has 2 aromatic carbocycles. The molecule has 0 aliphatic carbocycles. The van der Waals surface area contributed by atoms with Crippen molar-refractivity contribution in [3.05, 3.63) is 104 Å². The molecule has 0 atom stereocenters. The van der Waals surface area contributed by atoms with Crippen molar-refractivity contribution in [2.24, 2.45) is 0 Å². The van der Waals surface area contributed by atoms with Crippen LogP contribution >= 0.6 is 0 Å². The van der Waals surface area contributed by atoms with E-state index in [0.29, 0.717) is 5.56 Å². The highest BCUT2D eigenvalue weighted by Crippen LogP contribution is 2.22. The van der Waals surface area contributed by atoms with Crippen molar-refractivity contribution in [2.45, 2.75) is 6.54 Å².